The smallest absolute Gasteiger partial charge is 0.168 e. The predicted molar refractivity (Wildman–Crippen MR) is 114 cm³/mol. The maximum atomic E-state index is 14.0. The molecule has 166 valence electrons. The summed E-state index contributed by atoms with van der Waals surface area (Å²) in [6.45, 7) is 2.42. The second-order valence-electron chi connectivity index (χ2n) is 9.49. The zero-order chi connectivity index (χ0) is 21.4. The second-order valence-corrected chi connectivity index (χ2v) is 9.49. The van der Waals surface area contributed by atoms with Gasteiger partial charge in [0.25, 0.3) is 0 Å². The fraction of sp³-hybridized carbons (Fsp3) is 0.583. The first-order chi connectivity index (χ1) is 15.1. The highest BCUT2D eigenvalue weighted by Gasteiger charge is 2.42. The number of nitrogens with one attached hydrogen (secondary N) is 1. The van der Waals surface area contributed by atoms with Gasteiger partial charge in [0, 0.05) is 36.8 Å². The Morgan fingerprint density at radius 1 is 0.871 bits per heavy atom. The first-order valence-corrected chi connectivity index (χ1v) is 11.6. The lowest BCUT2D eigenvalue weighted by molar-refractivity contribution is 0.204. The quantitative estimate of drug-likeness (QED) is 0.520. The molecule has 1 N–H and O–H groups in total. The van der Waals surface area contributed by atoms with Crippen LogP contribution in [0.4, 0.5) is 19.0 Å². The lowest BCUT2D eigenvalue weighted by atomic mass is 10.0. The third-order valence-electron chi connectivity index (χ3n) is 7.41. The summed E-state index contributed by atoms with van der Waals surface area (Å²) in [7, 11) is 0. The SMILES string of the molecule is Fc1cc(F)c(F)c(-c2ccc(N[C@H]3C[C@@H]4CN(C5CCCCCC5)C[C@@H]4C3)nn2)c1. The summed E-state index contributed by atoms with van der Waals surface area (Å²) in [5.74, 6) is -1.10. The summed E-state index contributed by atoms with van der Waals surface area (Å²) in [5, 5.41) is 11.6. The number of hydrogen-bond donors (Lipinski definition) is 1. The van der Waals surface area contributed by atoms with E-state index in [-0.39, 0.29) is 11.3 Å². The summed E-state index contributed by atoms with van der Waals surface area (Å²) >= 11 is 0. The molecule has 2 saturated carbocycles. The molecule has 0 amide bonds. The van der Waals surface area contributed by atoms with Gasteiger partial charge in [-0.2, -0.15) is 0 Å². The van der Waals surface area contributed by atoms with Crippen molar-refractivity contribution in [3.63, 3.8) is 0 Å². The highest BCUT2D eigenvalue weighted by atomic mass is 19.2. The fourth-order valence-electron chi connectivity index (χ4n) is 5.88. The molecular formula is C24H29F3N4. The van der Waals surface area contributed by atoms with E-state index in [1.165, 1.54) is 51.6 Å². The minimum absolute atomic E-state index is 0.115. The molecule has 0 unspecified atom stereocenters. The van der Waals surface area contributed by atoms with Crippen molar-refractivity contribution in [2.45, 2.75) is 63.5 Å². The Kier molecular flexibility index (Phi) is 5.87. The van der Waals surface area contributed by atoms with Gasteiger partial charge >= 0.3 is 0 Å². The molecule has 2 aromatic rings. The molecule has 1 aromatic carbocycles. The van der Waals surface area contributed by atoms with Gasteiger partial charge in [-0.1, -0.05) is 25.7 Å². The van der Waals surface area contributed by atoms with Gasteiger partial charge < -0.3 is 5.32 Å². The number of anilines is 1. The molecule has 5 rings (SSSR count). The summed E-state index contributed by atoms with van der Waals surface area (Å²) in [6, 6.07) is 5.86. The Bertz CT molecular complexity index is 898. The minimum Gasteiger partial charge on any atom is -0.366 e. The molecule has 2 heterocycles. The lowest BCUT2D eigenvalue weighted by Gasteiger charge is -2.28. The first kappa shape index (κ1) is 20.7. The molecule has 0 radical (unpaired) electrons. The minimum atomic E-state index is -1.23. The van der Waals surface area contributed by atoms with Crippen molar-refractivity contribution in [2.75, 3.05) is 18.4 Å². The zero-order valence-corrected chi connectivity index (χ0v) is 17.7. The highest BCUT2D eigenvalue weighted by molar-refractivity contribution is 5.60. The van der Waals surface area contributed by atoms with Crippen molar-refractivity contribution in [2.24, 2.45) is 11.8 Å². The number of aromatic nitrogens is 2. The van der Waals surface area contributed by atoms with Crippen LogP contribution in [0.3, 0.4) is 0 Å². The second kappa shape index (κ2) is 8.77. The number of fused-ring (bicyclic) bond motifs is 1. The number of halogens is 3. The summed E-state index contributed by atoms with van der Waals surface area (Å²) in [6.07, 6.45) is 10.5. The Morgan fingerprint density at radius 3 is 2.23 bits per heavy atom. The molecule has 0 bridgehead atoms. The normalized spacial score (nSPS) is 27.3. The fourth-order valence-corrected chi connectivity index (χ4v) is 5.88. The Labute approximate surface area is 181 Å². The van der Waals surface area contributed by atoms with Gasteiger partial charge in [0.15, 0.2) is 11.6 Å². The van der Waals surface area contributed by atoms with Gasteiger partial charge in [0.05, 0.1) is 5.69 Å². The van der Waals surface area contributed by atoms with Crippen LogP contribution in [0, 0.1) is 29.3 Å². The van der Waals surface area contributed by atoms with E-state index in [4.69, 9.17) is 0 Å². The monoisotopic (exact) mass is 430 g/mol. The van der Waals surface area contributed by atoms with Crippen LogP contribution in [0.2, 0.25) is 0 Å². The molecule has 2 aliphatic carbocycles. The molecule has 31 heavy (non-hydrogen) atoms. The standard InChI is InChI=1S/C24H29F3N4/c25-17-11-20(24(27)21(26)12-17)22-7-8-23(30-29-22)28-18-9-15-13-31(14-16(15)10-18)19-5-3-1-2-4-6-19/h7-8,11-12,15-16,18-19H,1-6,9-10,13-14H2,(H,28,30)/t15-,16+,18+. The van der Waals surface area contributed by atoms with E-state index in [9.17, 15) is 13.2 Å². The summed E-state index contributed by atoms with van der Waals surface area (Å²) in [5.41, 5.74) is -0.102. The highest BCUT2D eigenvalue weighted by Crippen LogP contribution is 2.41. The number of rotatable bonds is 4. The van der Waals surface area contributed by atoms with Crippen molar-refractivity contribution < 1.29 is 13.2 Å². The van der Waals surface area contributed by atoms with Crippen molar-refractivity contribution in [3.8, 4) is 11.3 Å². The van der Waals surface area contributed by atoms with Crippen molar-refractivity contribution in [1.82, 2.24) is 15.1 Å². The third-order valence-corrected chi connectivity index (χ3v) is 7.41. The van der Waals surface area contributed by atoms with Gasteiger partial charge in [-0.15, -0.1) is 10.2 Å². The largest absolute Gasteiger partial charge is 0.366 e. The van der Waals surface area contributed by atoms with Crippen LogP contribution in [0.25, 0.3) is 11.3 Å². The number of hydrogen-bond acceptors (Lipinski definition) is 4. The average molecular weight is 431 g/mol. The van der Waals surface area contributed by atoms with Crippen LogP contribution < -0.4 is 5.32 Å². The van der Waals surface area contributed by atoms with Crippen LogP contribution in [0.5, 0.6) is 0 Å². The van der Waals surface area contributed by atoms with Crippen molar-refractivity contribution >= 4 is 5.82 Å². The zero-order valence-electron chi connectivity index (χ0n) is 17.7. The van der Waals surface area contributed by atoms with E-state index < -0.39 is 17.5 Å². The van der Waals surface area contributed by atoms with E-state index >= 15 is 0 Å². The summed E-state index contributed by atoms with van der Waals surface area (Å²) < 4.78 is 40.9. The van der Waals surface area contributed by atoms with E-state index in [0.717, 1.165) is 36.8 Å². The maximum absolute atomic E-state index is 14.0. The van der Waals surface area contributed by atoms with Crippen LogP contribution in [-0.2, 0) is 0 Å². The molecule has 1 saturated heterocycles. The molecule has 1 aliphatic heterocycles. The molecule has 4 nitrogen and oxygen atoms in total. The lowest BCUT2D eigenvalue weighted by Crippen LogP contribution is -2.34. The Morgan fingerprint density at radius 2 is 1.58 bits per heavy atom. The Hall–Kier alpha value is -2.15. The maximum Gasteiger partial charge on any atom is 0.168 e. The molecule has 0 spiro atoms. The number of nitrogens with zero attached hydrogens (tertiary/aromatic N) is 3. The van der Waals surface area contributed by atoms with E-state index in [1.54, 1.807) is 12.1 Å². The van der Waals surface area contributed by atoms with Gasteiger partial charge in [-0.3, -0.25) is 4.90 Å². The van der Waals surface area contributed by atoms with Crippen molar-refractivity contribution in [3.05, 3.63) is 41.7 Å². The molecule has 7 heteroatoms. The van der Waals surface area contributed by atoms with Gasteiger partial charge in [-0.25, -0.2) is 13.2 Å². The van der Waals surface area contributed by atoms with Crippen LogP contribution in [0.1, 0.15) is 51.4 Å². The molecule has 3 aliphatic rings. The average Bonchev–Trinajstić information content (AvgIpc) is 3.18. The predicted octanol–water partition coefficient (Wildman–Crippen LogP) is 5.41. The van der Waals surface area contributed by atoms with Crippen molar-refractivity contribution in [1.29, 1.82) is 0 Å². The van der Waals surface area contributed by atoms with Crippen LogP contribution in [-0.4, -0.2) is 40.3 Å². The molecule has 3 fully saturated rings. The van der Waals surface area contributed by atoms with E-state index in [1.807, 2.05) is 0 Å². The van der Waals surface area contributed by atoms with Gasteiger partial charge in [-0.05, 0) is 55.7 Å². The van der Waals surface area contributed by atoms with Crippen LogP contribution in [0.15, 0.2) is 24.3 Å². The number of likely N-dealkylation sites (tertiary alicyclic amines) is 1. The number of benzene rings is 1. The molecular weight excluding hydrogens is 401 g/mol. The topological polar surface area (TPSA) is 41.0 Å². The van der Waals surface area contributed by atoms with Gasteiger partial charge in [0.2, 0.25) is 0 Å². The van der Waals surface area contributed by atoms with Gasteiger partial charge in [0.1, 0.15) is 11.6 Å². The molecule has 1 aromatic heterocycles. The molecule has 3 atom stereocenters. The summed E-state index contributed by atoms with van der Waals surface area (Å²) in [4.78, 5) is 2.75. The first-order valence-electron chi connectivity index (χ1n) is 11.6. The Balaban J connectivity index is 1.18. The van der Waals surface area contributed by atoms with Crippen LogP contribution >= 0.6 is 0 Å². The third kappa shape index (κ3) is 4.43. The van der Waals surface area contributed by atoms with E-state index in [2.05, 4.69) is 20.4 Å². The van der Waals surface area contributed by atoms with E-state index in [0.29, 0.717) is 17.9 Å².